The molecule has 0 saturated heterocycles. The summed E-state index contributed by atoms with van der Waals surface area (Å²) in [4.78, 5) is 0. The molecule has 21 heavy (non-hydrogen) atoms. The summed E-state index contributed by atoms with van der Waals surface area (Å²) in [7, 11) is 0. The lowest BCUT2D eigenvalue weighted by atomic mass is 9.89. The minimum Gasteiger partial charge on any atom is -0.507 e. The van der Waals surface area contributed by atoms with Gasteiger partial charge in [0.2, 0.25) is 0 Å². The van der Waals surface area contributed by atoms with Gasteiger partial charge in [-0.05, 0) is 13.3 Å². The number of hydrogen-bond acceptors (Lipinski definition) is 5. The van der Waals surface area contributed by atoms with E-state index in [0.717, 1.165) is 5.56 Å². The van der Waals surface area contributed by atoms with Gasteiger partial charge in [0.05, 0.1) is 12.0 Å². The van der Waals surface area contributed by atoms with Gasteiger partial charge in [-0.2, -0.15) is 0 Å². The number of phenols is 4. The lowest BCUT2D eigenvalue weighted by Gasteiger charge is -2.18. The van der Waals surface area contributed by atoms with Gasteiger partial charge in [-0.3, -0.25) is 0 Å². The van der Waals surface area contributed by atoms with E-state index >= 15 is 0 Å². The maximum atomic E-state index is 10.5. The van der Waals surface area contributed by atoms with E-state index in [0.29, 0.717) is 29.7 Å². The molecular weight excluding hydrogens is 272 g/mol. The zero-order valence-electron chi connectivity index (χ0n) is 12.2. The highest BCUT2D eigenvalue weighted by atomic mass is 16.5. The Hall–Kier alpha value is -2.30. The van der Waals surface area contributed by atoms with Crippen molar-refractivity contribution in [3.63, 3.8) is 0 Å². The third-order valence-corrected chi connectivity index (χ3v) is 4.29. The molecule has 0 amide bonds. The van der Waals surface area contributed by atoms with Gasteiger partial charge in [-0.15, -0.1) is 0 Å². The van der Waals surface area contributed by atoms with Crippen molar-refractivity contribution in [3.05, 3.63) is 16.7 Å². The van der Waals surface area contributed by atoms with Crippen molar-refractivity contribution in [1.29, 1.82) is 0 Å². The fraction of sp³-hybridized carbons (Fsp3) is 0.375. The summed E-state index contributed by atoms with van der Waals surface area (Å²) < 4.78 is 5.61. The highest BCUT2D eigenvalue weighted by Crippen LogP contribution is 2.55. The van der Waals surface area contributed by atoms with Crippen LogP contribution in [0.5, 0.6) is 28.7 Å². The fourth-order valence-corrected chi connectivity index (χ4v) is 3.15. The summed E-state index contributed by atoms with van der Waals surface area (Å²) in [6.07, 6.45) is 0.361. The van der Waals surface area contributed by atoms with Crippen LogP contribution in [0.2, 0.25) is 0 Å². The van der Waals surface area contributed by atoms with Crippen LogP contribution in [0.15, 0.2) is 0 Å². The van der Waals surface area contributed by atoms with Crippen molar-refractivity contribution in [2.45, 2.75) is 33.1 Å². The smallest absolute Gasteiger partial charge is 0.169 e. The molecule has 2 aromatic rings. The summed E-state index contributed by atoms with van der Waals surface area (Å²) in [6.45, 7) is 5.87. The van der Waals surface area contributed by atoms with Gasteiger partial charge in [0.25, 0.3) is 0 Å². The molecule has 0 spiro atoms. The topological polar surface area (TPSA) is 90.2 Å². The number of phenolic OH excluding ortho intramolecular Hbond substituents is 4. The molecule has 0 fully saturated rings. The Kier molecular flexibility index (Phi) is 2.83. The van der Waals surface area contributed by atoms with Crippen LogP contribution in [0.4, 0.5) is 0 Å². The number of aromatic hydroxyl groups is 4. The molecule has 1 aliphatic heterocycles. The van der Waals surface area contributed by atoms with Crippen molar-refractivity contribution in [3.8, 4) is 28.7 Å². The van der Waals surface area contributed by atoms with Crippen molar-refractivity contribution >= 4 is 10.8 Å². The van der Waals surface area contributed by atoms with E-state index in [9.17, 15) is 20.4 Å². The molecule has 1 unspecified atom stereocenters. The molecular formula is C16H18O5. The third kappa shape index (κ3) is 1.57. The summed E-state index contributed by atoms with van der Waals surface area (Å²) >= 11 is 0. The van der Waals surface area contributed by atoms with Gasteiger partial charge in [-0.1, -0.05) is 13.8 Å². The molecule has 0 radical (unpaired) electrons. The quantitative estimate of drug-likeness (QED) is 0.479. The average Bonchev–Trinajstić information content (AvgIpc) is 2.83. The first-order valence-electron chi connectivity index (χ1n) is 6.97. The lowest BCUT2D eigenvalue weighted by Crippen LogP contribution is -1.96. The molecule has 5 heteroatoms. The van der Waals surface area contributed by atoms with Crippen LogP contribution in [0.3, 0.4) is 0 Å². The summed E-state index contributed by atoms with van der Waals surface area (Å²) in [5.74, 6) is -0.488. The van der Waals surface area contributed by atoms with Crippen LogP contribution in [0.1, 0.15) is 36.5 Å². The summed E-state index contributed by atoms with van der Waals surface area (Å²) in [5.41, 5.74) is 1.53. The van der Waals surface area contributed by atoms with Gasteiger partial charge in [-0.25, -0.2) is 0 Å². The maximum absolute atomic E-state index is 10.5. The van der Waals surface area contributed by atoms with Gasteiger partial charge < -0.3 is 25.2 Å². The Morgan fingerprint density at radius 1 is 1.00 bits per heavy atom. The summed E-state index contributed by atoms with van der Waals surface area (Å²) in [6, 6.07) is 0. The second-order valence-electron chi connectivity index (χ2n) is 5.56. The fourth-order valence-electron chi connectivity index (χ4n) is 3.15. The van der Waals surface area contributed by atoms with Crippen LogP contribution in [0.25, 0.3) is 10.8 Å². The molecule has 0 saturated carbocycles. The monoisotopic (exact) mass is 290 g/mol. The minimum absolute atomic E-state index is 0.0290. The molecule has 3 rings (SSSR count). The molecule has 4 N–H and O–H groups in total. The van der Waals surface area contributed by atoms with Gasteiger partial charge in [0, 0.05) is 28.0 Å². The minimum atomic E-state index is -0.401. The Morgan fingerprint density at radius 2 is 1.67 bits per heavy atom. The predicted molar refractivity (Wildman–Crippen MR) is 78.6 cm³/mol. The number of hydrogen-bond donors (Lipinski definition) is 4. The van der Waals surface area contributed by atoms with E-state index in [-0.39, 0.29) is 34.1 Å². The van der Waals surface area contributed by atoms with Crippen molar-refractivity contribution in [2.24, 2.45) is 0 Å². The van der Waals surface area contributed by atoms with Crippen LogP contribution >= 0.6 is 0 Å². The van der Waals surface area contributed by atoms with Crippen molar-refractivity contribution in [1.82, 2.24) is 0 Å². The number of ether oxygens (including phenoxy) is 1. The molecule has 1 aliphatic rings. The molecule has 0 bridgehead atoms. The van der Waals surface area contributed by atoms with Gasteiger partial charge in [0.15, 0.2) is 11.5 Å². The normalized spacial score (nSPS) is 17.0. The number of benzene rings is 2. The van der Waals surface area contributed by atoms with E-state index < -0.39 is 5.75 Å². The largest absolute Gasteiger partial charge is 0.507 e. The zero-order chi connectivity index (χ0) is 15.5. The van der Waals surface area contributed by atoms with Crippen LogP contribution in [-0.2, 0) is 6.42 Å². The Balaban J connectivity index is 2.62. The Morgan fingerprint density at radius 3 is 2.29 bits per heavy atom. The van der Waals surface area contributed by atoms with Gasteiger partial charge >= 0.3 is 0 Å². The predicted octanol–water partition coefficient (Wildman–Crippen LogP) is 3.03. The maximum Gasteiger partial charge on any atom is 0.169 e. The third-order valence-electron chi connectivity index (χ3n) is 4.29. The van der Waals surface area contributed by atoms with E-state index in [4.69, 9.17) is 4.74 Å². The first kappa shape index (κ1) is 13.7. The van der Waals surface area contributed by atoms with Crippen LogP contribution in [0, 0.1) is 6.92 Å². The van der Waals surface area contributed by atoms with E-state index in [1.807, 2.05) is 6.92 Å². The highest BCUT2D eigenvalue weighted by Gasteiger charge is 2.32. The van der Waals surface area contributed by atoms with Crippen molar-refractivity contribution in [2.75, 3.05) is 6.61 Å². The second-order valence-corrected chi connectivity index (χ2v) is 5.56. The molecule has 1 atom stereocenters. The van der Waals surface area contributed by atoms with Crippen LogP contribution < -0.4 is 4.74 Å². The molecule has 0 aliphatic carbocycles. The lowest BCUT2D eigenvalue weighted by molar-refractivity contribution is 0.333. The standard InChI is InChI=1S/C16H18O5/c1-4-8-13(18)10-9-6(2)5-21-16(9)7(3)12(17)11(10)15(20)14(8)19/h6,17-20H,4-5H2,1-3H3. The first-order valence-corrected chi connectivity index (χ1v) is 6.97. The van der Waals surface area contributed by atoms with E-state index in [1.165, 1.54) is 0 Å². The number of fused-ring (bicyclic) bond motifs is 3. The highest BCUT2D eigenvalue weighted by molar-refractivity contribution is 6.05. The number of rotatable bonds is 1. The molecule has 0 aromatic heterocycles. The van der Waals surface area contributed by atoms with Gasteiger partial charge in [0.1, 0.15) is 17.2 Å². The Bertz CT molecular complexity index is 764. The Labute approximate surface area is 122 Å². The molecule has 112 valence electrons. The average molecular weight is 290 g/mol. The first-order chi connectivity index (χ1) is 9.90. The van der Waals surface area contributed by atoms with E-state index in [1.54, 1.807) is 13.8 Å². The zero-order valence-corrected chi connectivity index (χ0v) is 12.2. The van der Waals surface area contributed by atoms with E-state index in [2.05, 4.69) is 0 Å². The SMILES string of the molecule is CCc1c(O)c(O)c2c(O)c(C)c3c(c2c1O)C(C)CO3. The molecule has 1 heterocycles. The second kappa shape index (κ2) is 4.35. The molecule has 2 aromatic carbocycles. The van der Waals surface area contributed by atoms with Crippen LogP contribution in [-0.4, -0.2) is 27.0 Å². The van der Waals surface area contributed by atoms with Crippen molar-refractivity contribution < 1.29 is 25.2 Å². The summed E-state index contributed by atoms with van der Waals surface area (Å²) in [5, 5.41) is 41.6. The molecule has 5 nitrogen and oxygen atoms in total.